The Hall–Kier alpha value is -1.14. The predicted octanol–water partition coefficient (Wildman–Crippen LogP) is -1.38. The van der Waals surface area contributed by atoms with Crippen LogP contribution in [0.15, 0.2) is 0 Å². The topological polar surface area (TPSA) is 78.7 Å². The molecule has 1 saturated heterocycles. The van der Waals surface area contributed by atoms with Gasteiger partial charge in [0, 0.05) is 59.2 Å². The van der Waals surface area contributed by atoms with E-state index in [1.54, 1.807) is 6.92 Å². The molecule has 0 bridgehead atoms. The molecule has 6 nitrogen and oxygen atoms in total. The zero-order valence-corrected chi connectivity index (χ0v) is 10.4. The van der Waals surface area contributed by atoms with Crippen molar-refractivity contribution in [3.63, 3.8) is 0 Å². The van der Waals surface area contributed by atoms with Crippen LogP contribution in [0.1, 0.15) is 13.3 Å². The Kier molecular flexibility index (Phi) is 5.93. The van der Waals surface area contributed by atoms with Gasteiger partial charge in [-0.05, 0) is 0 Å². The molecule has 0 aliphatic carbocycles. The van der Waals surface area contributed by atoms with E-state index in [9.17, 15) is 9.59 Å². The van der Waals surface area contributed by atoms with Gasteiger partial charge in [0.1, 0.15) is 0 Å². The van der Waals surface area contributed by atoms with E-state index in [1.807, 2.05) is 4.90 Å². The first-order valence-corrected chi connectivity index (χ1v) is 6.08. The van der Waals surface area contributed by atoms with Crippen molar-refractivity contribution in [2.24, 2.45) is 5.73 Å². The summed E-state index contributed by atoms with van der Waals surface area (Å²) < 4.78 is 0. The summed E-state index contributed by atoms with van der Waals surface area (Å²) in [4.78, 5) is 26.4. The standard InChI is InChI=1S/C11H22N4O2/c1-10(16)15-8-6-14(7-9-15)5-4-13-11(17)2-3-12/h2-9,12H2,1H3,(H,13,17). The first-order chi connectivity index (χ1) is 8.13. The van der Waals surface area contributed by atoms with Crippen LogP contribution in [0.3, 0.4) is 0 Å². The number of nitrogens with one attached hydrogen (secondary N) is 1. The third-order valence-corrected chi connectivity index (χ3v) is 2.94. The quantitative estimate of drug-likeness (QED) is 0.622. The van der Waals surface area contributed by atoms with Gasteiger partial charge in [-0.3, -0.25) is 14.5 Å². The number of amides is 2. The number of carbonyl (C=O) groups is 2. The maximum absolute atomic E-state index is 11.2. The number of carbonyl (C=O) groups excluding carboxylic acids is 2. The minimum Gasteiger partial charge on any atom is -0.355 e. The van der Waals surface area contributed by atoms with Gasteiger partial charge in [-0.1, -0.05) is 0 Å². The van der Waals surface area contributed by atoms with Crippen molar-refractivity contribution in [3.05, 3.63) is 0 Å². The summed E-state index contributed by atoms with van der Waals surface area (Å²) in [7, 11) is 0. The fourth-order valence-corrected chi connectivity index (χ4v) is 1.86. The lowest BCUT2D eigenvalue weighted by Gasteiger charge is -2.34. The van der Waals surface area contributed by atoms with Gasteiger partial charge in [0.25, 0.3) is 0 Å². The van der Waals surface area contributed by atoms with Crippen LogP contribution in [0.4, 0.5) is 0 Å². The average molecular weight is 242 g/mol. The van der Waals surface area contributed by atoms with E-state index < -0.39 is 0 Å². The molecule has 0 aromatic rings. The summed E-state index contributed by atoms with van der Waals surface area (Å²) in [5.41, 5.74) is 5.28. The number of nitrogens with two attached hydrogens (primary N) is 1. The van der Waals surface area contributed by atoms with Crippen LogP contribution < -0.4 is 11.1 Å². The van der Waals surface area contributed by atoms with E-state index in [0.717, 1.165) is 32.7 Å². The van der Waals surface area contributed by atoms with Crippen LogP contribution in [0.25, 0.3) is 0 Å². The van der Waals surface area contributed by atoms with Crippen molar-refractivity contribution >= 4 is 11.8 Å². The normalized spacial score (nSPS) is 16.9. The highest BCUT2D eigenvalue weighted by molar-refractivity contribution is 5.76. The minimum atomic E-state index is 0.00914. The molecule has 1 aliphatic rings. The fourth-order valence-electron chi connectivity index (χ4n) is 1.86. The van der Waals surface area contributed by atoms with E-state index in [1.165, 1.54) is 0 Å². The molecule has 0 aromatic carbocycles. The van der Waals surface area contributed by atoms with Gasteiger partial charge in [0.15, 0.2) is 0 Å². The highest BCUT2D eigenvalue weighted by Gasteiger charge is 2.17. The van der Waals surface area contributed by atoms with Gasteiger partial charge in [-0.15, -0.1) is 0 Å². The highest BCUT2D eigenvalue weighted by Crippen LogP contribution is 2.00. The van der Waals surface area contributed by atoms with Crippen LogP contribution in [0.5, 0.6) is 0 Å². The molecule has 2 amide bonds. The number of piperazine rings is 1. The third kappa shape index (κ3) is 5.14. The molecule has 6 heteroatoms. The van der Waals surface area contributed by atoms with Crippen LogP contribution in [-0.4, -0.2) is 67.4 Å². The molecule has 1 fully saturated rings. The van der Waals surface area contributed by atoms with Gasteiger partial charge in [-0.25, -0.2) is 0 Å². The lowest BCUT2D eigenvalue weighted by molar-refractivity contribution is -0.130. The fraction of sp³-hybridized carbons (Fsp3) is 0.818. The van der Waals surface area contributed by atoms with Crippen molar-refractivity contribution < 1.29 is 9.59 Å². The third-order valence-electron chi connectivity index (χ3n) is 2.94. The first kappa shape index (κ1) is 13.9. The summed E-state index contributed by atoms with van der Waals surface area (Å²) in [6.07, 6.45) is 0.387. The molecule has 1 heterocycles. The van der Waals surface area contributed by atoms with Gasteiger partial charge in [0.05, 0.1) is 0 Å². The predicted molar refractivity (Wildman–Crippen MR) is 65.4 cm³/mol. The molecule has 3 N–H and O–H groups in total. The van der Waals surface area contributed by atoms with E-state index in [4.69, 9.17) is 5.73 Å². The smallest absolute Gasteiger partial charge is 0.221 e. The molecule has 0 unspecified atom stereocenters. The SMILES string of the molecule is CC(=O)N1CCN(CCNC(=O)CCN)CC1. The van der Waals surface area contributed by atoms with Gasteiger partial charge >= 0.3 is 0 Å². The first-order valence-electron chi connectivity index (χ1n) is 6.08. The molecule has 98 valence electrons. The molecular formula is C11H22N4O2. The molecule has 0 saturated carbocycles. The van der Waals surface area contributed by atoms with Crippen LogP contribution in [0.2, 0.25) is 0 Å². The average Bonchev–Trinajstić information content (AvgIpc) is 2.30. The minimum absolute atomic E-state index is 0.00914. The maximum Gasteiger partial charge on any atom is 0.221 e. The summed E-state index contributed by atoms with van der Waals surface area (Å²) in [6, 6.07) is 0. The van der Waals surface area contributed by atoms with E-state index in [2.05, 4.69) is 10.2 Å². The van der Waals surface area contributed by atoms with E-state index in [0.29, 0.717) is 19.5 Å². The molecule has 0 atom stereocenters. The number of hydrogen-bond donors (Lipinski definition) is 2. The Morgan fingerprint density at radius 3 is 2.41 bits per heavy atom. The van der Waals surface area contributed by atoms with Crippen molar-refractivity contribution in [3.8, 4) is 0 Å². The molecule has 0 radical (unpaired) electrons. The maximum atomic E-state index is 11.2. The number of nitrogens with zero attached hydrogens (tertiary/aromatic N) is 2. The second-order valence-electron chi connectivity index (χ2n) is 4.24. The zero-order chi connectivity index (χ0) is 12.7. The van der Waals surface area contributed by atoms with Gasteiger partial charge in [-0.2, -0.15) is 0 Å². The van der Waals surface area contributed by atoms with Crippen LogP contribution >= 0.6 is 0 Å². The Balaban J connectivity index is 2.10. The Labute approximate surface area is 102 Å². The summed E-state index contributed by atoms with van der Waals surface area (Å²) >= 11 is 0. The Morgan fingerprint density at radius 2 is 1.88 bits per heavy atom. The van der Waals surface area contributed by atoms with Crippen molar-refractivity contribution in [2.45, 2.75) is 13.3 Å². The van der Waals surface area contributed by atoms with Gasteiger partial charge in [0.2, 0.25) is 11.8 Å². The summed E-state index contributed by atoms with van der Waals surface area (Å²) in [6.45, 7) is 6.81. The van der Waals surface area contributed by atoms with Crippen LogP contribution in [0, 0.1) is 0 Å². The monoisotopic (exact) mass is 242 g/mol. The molecular weight excluding hydrogens is 220 g/mol. The second-order valence-corrected chi connectivity index (χ2v) is 4.24. The largest absolute Gasteiger partial charge is 0.355 e. The lowest BCUT2D eigenvalue weighted by atomic mass is 10.3. The van der Waals surface area contributed by atoms with E-state index in [-0.39, 0.29) is 11.8 Å². The lowest BCUT2D eigenvalue weighted by Crippen LogP contribution is -2.49. The number of hydrogen-bond acceptors (Lipinski definition) is 4. The van der Waals surface area contributed by atoms with E-state index >= 15 is 0 Å². The molecule has 0 spiro atoms. The van der Waals surface area contributed by atoms with Gasteiger partial charge < -0.3 is 16.0 Å². The molecule has 17 heavy (non-hydrogen) atoms. The number of rotatable bonds is 5. The van der Waals surface area contributed by atoms with Crippen LogP contribution in [-0.2, 0) is 9.59 Å². The summed E-state index contributed by atoms with van der Waals surface area (Å²) in [5, 5.41) is 2.82. The highest BCUT2D eigenvalue weighted by atomic mass is 16.2. The van der Waals surface area contributed by atoms with Crippen molar-refractivity contribution in [2.75, 3.05) is 45.8 Å². The zero-order valence-electron chi connectivity index (χ0n) is 10.4. The van der Waals surface area contributed by atoms with Crippen molar-refractivity contribution in [1.29, 1.82) is 0 Å². The molecule has 0 aromatic heterocycles. The molecule has 1 aliphatic heterocycles. The Bertz CT molecular complexity index is 262. The Morgan fingerprint density at radius 1 is 1.24 bits per heavy atom. The second kappa shape index (κ2) is 7.24. The van der Waals surface area contributed by atoms with Crippen molar-refractivity contribution in [1.82, 2.24) is 15.1 Å². The summed E-state index contributed by atoms with van der Waals surface area (Å²) in [5.74, 6) is 0.149. The molecule has 1 rings (SSSR count).